The van der Waals surface area contributed by atoms with E-state index in [4.69, 9.17) is 0 Å². The first-order valence-corrected chi connectivity index (χ1v) is 5.52. The number of pyridine rings is 1. The molecule has 0 unspecified atom stereocenters. The third-order valence-corrected chi connectivity index (χ3v) is 3.12. The maximum atomic E-state index is 4.39. The van der Waals surface area contributed by atoms with Crippen LogP contribution in [0.15, 0.2) is 36.5 Å². The molecule has 1 aliphatic heterocycles. The number of hydrogen-bond donors (Lipinski definition) is 1. The Bertz CT molecular complexity index is 473. The molecule has 0 spiro atoms. The highest BCUT2D eigenvalue weighted by Crippen LogP contribution is 2.28. The van der Waals surface area contributed by atoms with Gasteiger partial charge in [0, 0.05) is 17.6 Å². The van der Waals surface area contributed by atoms with Crippen LogP contribution in [0, 0.1) is 0 Å². The summed E-state index contributed by atoms with van der Waals surface area (Å²) in [5.74, 6) is 0. The van der Waals surface area contributed by atoms with Gasteiger partial charge in [-0.2, -0.15) is 0 Å². The van der Waals surface area contributed by atoms with Crippen LogP contribution >= 0.6 is 12.4 Å². The number of halogens is 1. The number of fused-ring (bicyclic) bond motifs is 1. The first-order chi connectivity index (χ1) is 7.45. The van der Waals surface area contributed by atoms with Gasteiger partial charge in [-0.05, 0) is 37.1 Å². The van der Waals surface area contributed by atoms with E-state index in [1.807, 2.05) is 12.3 Å². The second-order valence-electron chi connectivity index (χ2n) is 4.07. The quantitative estimate of drug-likeness (QED) is 0.820. The minimum Gasteiger partial charge on any atom is -0.310 e. The molecule has 0 radical (unpaired) electrons. The van der Waals surface area contributed by atoms with Crippen molar-refractivity contribution in [3.05, 3.63) is 42.1 Å². The number of para-hydroxylation sites is 1. The molecule has 1 saturated heterocycles. The van der Waals surface area contributed by atoms with E-state index in [1.165, 1.54) is 23.8 Å². The van der Waals surface area contributed by atoms with E-state index in [9.17, 15) is 0 Å². The van der Waals surface area contributed by atoms with Crippen molar-refractivity contribution in [1.82, 2.24) is 10.3 Å². The summed E-state index contributed by atoms with van der Waals surface area (Å²) < 4.78 is 0. The van der Waals surface area contributed by atoms with Crippen LogP contribution in [0.5, 0.6) is 0 Å². The van der Waals surface area contributed by atoms with Crippen LogP contribution in [-0.2, 0) is 0 Å². The predicted octanol–water partition coefficient (Wildman–Crippen LogP) is 3.08. The van der Waals surface area contributed by atoms with Crippen LogP contribution in [0.4, 0.5) is 0 Å². The molecule has 2 aromatic rings. The fraction of sp³-hybridized carbons (Fsp3) is 0.308. The van der Waals surface area contributed by atoms with E-state index in [-0.39, 0.29) is 12.4 Å². The Labute approximate surface area is 101 Å². The van der Waals surface area contributed by atoms with Crippen molar-refractivity contribution < 1.29 is 0 Å². The number of hydrogen-bond acceptors (Lipinski definition) is 2. The summed E-state index contributed by atoms with van der Waals surface area (Å²) >= 11 is 0. The summed E-state index contributed by atoms with van der Waals surface area (Å²) in [6, 6.07) is 11.0. The van der Waals surface area contributed by atoms with Gasteiger partial charge in [0.2, 0.25) is 0 Å². The molecule has 1 aliphatic rings. The second-order valence-corrected chi connectivity index (χ2v) is 4.07. The Balaban J connectivity index is 0.000000963. The molecule has 1 atom stereocenters. The summed E-state index contributed by atoms with van der Waals surface area (Å²) in [4.78, 5) is 4.39. The Kier molecular flexibility index (Phi) is 3.42. The average molecular weight is 235 g/mol. The summed E-state index contributed by atoms with van der Waals surface area (Å²) in [7, 11) is 0. The largest absolute Gasteiger partial charge is 0.310 e. The van der Waals surface area contributed by atoms with Crippen molar-refractivity contribution in [3.8, 4) is 0 Å². The molecule has 1 N–H and O–H groups in total. The van der Waals surface area contributed by atoms with E-state index in [0.717, 1.165) is 12.1 Å². The third-order valence-electron chi connectivity index (χ3n) is 3.12. The van der Waals surface area contributed by atoms with E-state index in [2.05, 4.69) is 34.6 Å². The maximum absolute atomic E-state index is 4.39. The van der Waals surface area contributed by atoms with Crippen LogP contribution in [0.3, 0.4) is 0 Å². The minimum atomic E-state index is 0. The zero-order valence-electron chi connectivity index (χ0n) is 9.02. The zero-order valence-corrected chi connectivity index (χ0v) is 9.83. The zero-order chi connectivity index (χ0) is 10.1. The molecule has 3 rings (SSSR count). The highest BCUT2D eigenvalue weighted by molar-refractivity contribution is 5.85. The van der Waals surface area contributed by atoms with Crippen LogP contribution < -0.4 is 5.32 Å². The lowest BCUT2D eigenvalue weighted by Crippen LogP contribution is -2.13. The van der Waals surface area contributed by atoms with E-state index in [0.29, 0.717) is 6.04 Å². The van der Waals surface area contributed by atoms with Crippen molar-refractivity contribution in [2.24, 2.45) is 0 Å². The lowest BCUT2D eigenvalue weighted by Gasteiger charge is -2.12. The Hall–Kier alpha value is -1.12. The molecule has 16 heavy (non-hydrogen) atoms. The van der Waals surface area contributed by atoms with Crippen molar-refractivity contribution in [1.29, 1.82) is 0 Å². The fourth-order valence-electron chi connectivity index (χ4n) is 2.37. The van der Waals surface area contributed by atoms with Gasteiger partial charge in [0.25, 0.3) is 0 Å². The van der Waals surface area contributed by atoms with Crippen LogP contribution in [0.25, 0.3) is 10.9 Å². The number of aromatic nitrogens is 1. The normalized spacial score (nSPS) is 19.6. The highest BCUT2D eigenvalue weighted by atomic mass is 35.5. The Morgan fingerprint density at radius 2 is 2.06 bits per heavy atom. The number of nitrogens with zero attached hydrogens (tertiary/aromatic N) is 1. The fourth-order valence-corrected chi connectivity index (χ4v) is 2.37. The van der Waals surface area contributed by atoms with Crippen LogP contribution in [0.2, 0.25) is 0 Å². The predicted molar refractivity (Wildman–Crippen MR) is 69.0 cm³/mol. The third kappa shape index (κ3) is 1.91. The summed E-state index contributed by atoms with van der Waals surface area (Å²) in [5.41, 5.74) is 2.50. The Morgan fingerprint density at radius 1 is 1.19 bits per heavy atom. The van der Waals surface area contributed by atoms with Crippen molar-refractivity contribution in [3.63, 3.8) is 0 Å². The molecule has 0 bridgehead atoms. The summed E-state index contributed by atoms with van der Waals surface area (Å²) in [5, 5.41) is 4.83. The van der Waals surface area contributed by atoms with Gasteiger partial charge in [-0.15, -0.1) is 12.4 Å². The van der Waals surface area contributed by atoms with Gasteiger partial charge in [-0.25, -0.2) is 0 Å². The van der Waals surface area contributed by atoms with Gasteiger partial charge < -0.3 is 5.32 Å². The number of rotatable bonds is 1. The van der Waals surface area contributed by atoms with E-state index in [1.54, 1.807) is 0 Å². The van der Waals surface area contributed by atoms with Crippen molar-refractivity contribution in [2.75, 3.05) is 6.54 Å². The van der Waals surface area contributed by atoms with Gasteiger partial charge >= 0.3 is 0 Å². The second kappa shape index (κ2) is 4.81. The van der Waals surface area contributed by atoms with Gasteiger partial charge in [0.15, 0.2) is 0 Å². The van der Waals surface area contributed by atoms with Crippen LogP contribution in [-0.4, -0.2) is 11.5 Å². The smallest absolute Gasteiger partial charge is 0.0705 e. The van der Waals surface area contributed by atoms with E-state index >= 15 is 0 Å². The summed E-state index contributed by atoms with van der Waals surface area (Å²) in [6.45, 7) is 1.14. The van der Waals surface area contributed by atoms with Crippen molar-refractivity contribution >= 4 is 23.3 Å². The van der Waals surface area contributed by atoms with Gasteiger partial charge in [-0.3, -0.25) is 4.98 Å². The number of nitrogens with one attached hydrogen (secondary N) is 1. The molecule has 0 aliphatic carbocycles. The Morgan fingerprint density at radius 3 is 2.88 bits per heavy atom. The molecular weight excluding hydrogens is 220 g/mol. The molecule has 2 heterocycles. The molecule has 1 aromatic carbocycles. The maximum Gasteiger partial charge on any atom is 0.0705 e. The van der Waals surface area contributed by atoms with Gasteiger partial charge in [0.05, 0.1) is 5.52 Å². The van der Waals surface area contributed by atoms with Gasteiger partial charge in [0.1, 0.15) is 0 Å². The molecule has 84 valence electrons. The molecule has 1 fully saturated rings. The standard InChI is InChI=1S/C13H14N2.ClH/c1-2-5-12-10(4-1)11(7-9-15-12)13-6-3-8-14-13;/h1-2,4-5,7,9,13-14H,3,6,8H2;1H/t13-;/m1./s1. The number of benzene rings is 1. The topological polar surface area (TPSA) is 24.9 Å². The van der Waals surface area contributed by atoms with Crippen molar-refractivity contribution in [2.45, 2.75) is 18.9 Å². The first-order valence-electron chi connectivity index (χ1n) is 5.52. The molecule has 0 amide bonds. The SMILES string of the molecule is Cl.c1ccc2c([C@H]3CCCN3)ccnc2c1. The molecule has 3 heteroatoms. The van der Waals surface area contributed by atoms with E-state index < -0.39 is 0 Å². The monoisotopic (exact) mass is 234 g/mol. The first kappa shape index (κ1) is 11.4. The molecule has 1 aromatic heterocycles. The lowest BCUT2D eigenvalue weighted by atomic mass is 10.0. The minimum absolute atomic E-state index is 0. The summed E-state index contributed by atoms with van der Waals surface area (Å²) in [6.07, 6.45) is 4.44. The molecule has 2 nitrogen and oxygen atoms in total. The lowest BCUT2D eigenvalue weighted by molar-refractivity contribution is 0.652. The highest BCUT2D eigenvalue weighted by Gasteiger charge is 2.17. The van der Waals surface area contributed by atoms with Gasteiger partial charge in [-0.1, -0.05) is 18.2 Å². The average Bonchev–Trinajstić information content (AvgIpc) is 2.82. The molecule has 0 saturated carbocycles. The van der Waals surface area contributed by atoms with Crippen LogP contribution in [0.1, 0.15) is 24.4 Å². The molecular formula is C13H15ClN2.